The number of benzene rings is 1. The van der Waals surface area contributed by atoms with E-state index >= 15 is 0 Å². The van der Waals surface area contributed by atoms with Crippen molar-refractivity contribution in [1.82, 2.24) is 15.0 Å². The van der Waals surface area contributed by atoms with Crippen molar-refractivity contribution in [3.05, 3.63) is 69.1 Å². The number of anilines is 4. The van der Waals surface area contributed by atoms with Gasteiger partial charge in [0.15, 0.2) is 0 Å². The van der Waals surface area contributed by atoms with Gasteiger partial charge in [0.2, 0.25) is 11.6 Å². The highest BCUT2D eigenvalue weighted by molar-refractivity contribution is 9.10. The largest absolute Gasteiger partial charge is 0.478 e. The van der Waals surface area contributed by atoms with Crippen molar-refractivity contribution in [2.45, 2.75) is 0 Å². The van der Waals surface area contributed by atoms with Crippen LogP contribution < -0.4 is 10.6 Å². The molecule has 10 nitrogen and oxygen atoms in total. The van der Waals surface area contributed by atoms with Crippen LogP contribution in [0.4, 0.5) is 28.8 Å². The number of carbonyl (C=O) groups is 1. The molecular weight excluding hydrogens is 420 g/mol. The van der Waals surface area contributed by atoms with Crippen molar-refractivity contribution >= 4 is 50.7 Å². The van der Waals surface area contributed by atoms with E-state index < -0.39 is 10.9 Å². The second kappa shape index (κ2) is 7.74. The number of carboxylic acid groups (broad SMARTS) is 1. The fourth-order valence-electron chi connectivity index (χ4n) is 2.14. The fraction of sp³-hybridized carbons (Fsp3) is 0. The number of aromatic carboxylic acids is 1. The number of aromatic nitrogens is 3. The first-order chi connectivity index (χ1) is 12.9. The Bertz CT molecular complexity index is 995. The zero-order chi connectivity index (χ0) is 19.4. The molecule has 0 bridgehead atoms. The van der Waals surface area contributed by atoms with Crippen molar-refractivity contribution < 1.29 is 14.8 Å². The van der Waals surface area contributed by atoms with Crippen molar-refractivity contribution in [2.24, 2.45) is 0 Å². The van der Waals surface area contributed by atoms with Gasteiger partial charge in [-0.2, -0.15) is 0 Å². The van der Waals surface area contributed by atoms with E-state index in [1.807, 2.05) is 0 Å². The Kier molecular flexibility index (Phi) is 5.22. The Morgan fingerprint density at radius 2 is 1.70 bits per heavy atom. The van der Waals surface area contributed by atoms with Crippen LogP contribution in [0.2, 0.25) is 0 Å². The second-order valence-corrected chi connectivity index (χ2v) is 6.09. The van der Waals surface area contributed by atoms with Crippen molar-refractivity contribution in [2.75, 3.05) is 10.6 Å². The van der Waals surface area contributed by atoms with E-state index in [0.717, 1.165) is 4.47 Å². The third kappa shape index (κ3) is 4.33. The van der Waals surface area contributed by atoms with Crippen LogP contribution in [0.15, 0.2) is 53.4 Å². The van der Waals surface area contributed by atoms with Gasteiger partial charge < -0.3 is 15.7 Å². The Hall–Kier alpha value is -3.60. The summed E-state index contributed by atoms with van der Waals surface area (Å²) in [6.07, 6.45) is 2.71. The molecule has 0 aliphatic carbocycles. The summed E-state index contributed by atoms with van der Waals surface area (Å²) in [4.78, 5) is 33.8. The van der Waals surface area contributed by atoms with E-state index in [4.69, 9.17) is 5.11 Å². The van der Waals surface area contributed by atoms with Crippen LogP contribution in [0.1, 0.15) is 10.4 Å². The maximum atomic E-state index is 11.6. The third-order valence-corrected chi connectivity index (χ3v) is 3.84. The van der Waals surface area contributed by atoms with E-state index in [1.165, 1.54) is 30.6 Å². The Morgan fingerprint density at radius 1 is 1.04 bits per heavy atom. The van der Waals surface area contributed by atoms with Crippen molar-refractivity contribution in [3.8, 4) is 0 Å². The van der Waals surface area contributed by atoms with Gasteiger partial charge in [0.1, 0.15) is 12.1 Å². The first kappa shape index (κ1) is 18.2. The average Bonchev–Trinajstić information content (AvgIpc) is 2.64. The van der Waals surface area contributed by atoms with Crippen LogP contribution in [0.25, 0.3) is 0 Å². The first-order valence-corrected chi connectivity index (χ1v) is 8.21. The van der Waals surface area contributed by atoms with Crippen molar-refractivity contribution in [1.29, 1.82) is 0 Å². The summed E-state index contributed by atoms with van der Waals surface area (Å²) in [5.74, 6) is -0.771. The molecule has 0 saturated heterocycles. The summed E-state index contributed by atoms with van der Waals surface area (Å²) in [5, 5.41) is 26.1. The van der Waals surface area contributed by atoms with Crippen LogP contribution in [-0.2, 0) is 0 Å². The topological polar surface area (TPSA) is 143 Å². The van der Waals surface area contributed by atoms with E-state index in [2.05, 4.69) is 41.5 Å². The summed E-state index contributed by atoms with van der Waals surface area (Å²) in [6, 6.07) is 9.09. The Labute approximate surface area is 160 Å². The molecule has 0 spiro atoms. The van der Waals surface area contributed by atoms with Gasteiger partial charge in [0, 0.05) is 16.4 Å². The molecule has 136 valence electrons. The Balaban J connectivity index is 1.92. The van der Waals surface area contributed by atoms with E-state index in [9.17, 15) is 14.9 Å². The van der Waals surface area contributed by atoms with Gasteiger partial charge >= 0.3 is 11.7 Å². The number of hydrogen-bond acceptors (Lipinski definition) is 8. The molecule has 0 fully saturated rings. The van der Waals surface area contributed by atoms with E-state index in [0.29, 0.717) is 11.5 Å². The molecular formula is C16H11BrN6O4. The molecule has 0 unspecified atom stereocenters. The van der Waals surface area contributed by atoms with Crippen LogP contribution in [0.5, 0.6) is 0 Å². The molecule has 0 radical (unpaired) electrons. The molecule has 3 aromatic rings. The van der Waals surface area contributed by atoms with Gasteiger partial charge in [0.05, 0.1) is 10.5 Å². The van der Waals surface area contributed by atoms with E-state index in [-0.39, 0.29) is 22.9 Å². The van der Waals surface area contributed by atoms with Gasteiger partial charge in [-0.05, 0) is 52.3 Å². The number of nitrogens with zero attached hydrogens (tertiary/aromatic N) is 4. The fourth-order valence-corrected chi connectivity index (χ4v) is 2.37. The van der Waals surface area contributed by atoms with Gasteiger partial charge in [-0.25, -0.2) is 19.7 Å². The maximum Gasteiger partial charge on any atom is 0.353 e. The predicted octanol–water partition coefficient (Wildman–Crippen LogP) is 3.73. The van der Waals surface area contributed by atoms with Gasteiger partial charge in [0.25, 0.3) is 0 Å². The average molecular weight is 431 g/mol. The molecule has 0 atom stereocenters. The molecule has 0 aliphatic rings. The van der Waals surface area contributed by atoms with Crippen molar-refractivity contribution in [3.63, 3.8) is 0 Å². The number of nitro groups is 1. The molecule has 3 N–H and O–H groups in total. The second-order valence-electron chi connectivity index (χ2n) is 5.17. The highest BCUT2D eigenvalue weighted by Crippen LogP contribution is 2.32. The van der Waals surface area contributed by atoms with Crippen LogP contribution in [-0.4, -0.2) is 31.0 Å². The summed E-state index contributed by atoms with van der Waals surface area (Å²) in [6.45, 7) is 0. The predicted molar refractivity (Wildman–Crippen MR) is 101 cm³/mol. The monoisotopic (exact) mass is 430 g/mol. The molecule has 1 aromatic carbocycles. The normalized spacial score (nSPS) is 10.3. The first-order valence-electron chi connectivity index (χ1n) is 7.42. The molecule has 2 heterocycles. The SMILES string of the molecule is O=C(O)c1ccc(Nc2ncnc(Nc3ccc(Br)cn3)c2[N+](=O)[O-])cc1. The zero-order valence-corrected chi connectivity index (χ0v) is 15.0. The quantitative estimate of drug-likeness (QED) is 0.393. The van der Waals surface area contributed by atoms with Gasteiger partial charge in [-0.15, -0.1) is 0 Å². The van der Waals surface area contributed by atoms with Gasteiger partial charge in [-0.1, -0.05) is 0 Å². The minimum atomic E-state index is -1.07. The molecule has 0 aliphatic heterocycles. The Morgan fingerprint density at radius 3 is 2.26 bits per heavy atom. The molecule has 27 heavy (non-hydrogen) atoms. The molecule has 3 rings (SSSR count). The number of pyridine rings is 1. The lowest BCUT2D eigenvalue weighted by Gasteiger charge is -2.10. The van der Waals surface area contributed by atoms with Gasteiger partial charge in [-0.3, -0.25) is 10.1 Å². The number of rotatable bonds is 6. The standard InChI is InChI=1S/C16H11BrN6O4/c17-10-3-6-12(18-7-10)22-15-13(23(26)27)14(19-8-20-15)21-11-4-1-9(2-5-11)16(24)25/h1-8H,(H,24,25)(H2,18,19,20,21,22). The van der Waals surface area contributed by atoms with Crippen LogP contribution in [0.3, 0.4) is 0 Å². The minimum absolute atomic E-state index is 0.0329. The molecule has 0 amide bonds. The van der Waals surface area contributed by atoms with Crippen LogP contribution in [0, 0.1) is 10.1 Å². The van der Waals surface area contributed by atoms with E-state index in [1.54, 1.807) is 18.3 Å². The number of halogens is 1. The number of carboxylic acids is 1. The number of hydrogen-bond donors (Lipinski definition) is 3. The molecule has 11 heteroatoms. The van der Waals surface area contributed by atoms with Crippen LogP contribution >= 0.6 is 15.9 Å². The lowest BCUT2D eigenvalue weighted by Crippen LogP contribution is -2.06. The highest BCUT2D eigenvalue weighted by Gasteiger charge is 2.23. The maximum absolute atomic E-state index is 11.6. The number of nitrogens with one attached hydrogen (secondary N) is 2. The molecule has 2 aromatic heterocycles. The third-order valence-electron chi connectivity index (χ3n) is 3.37. The molecule has 0 saturated carbocycles. The lowest BCUT2D eigenvalue weighted by molar-refractivity contribution is -0.383. The summed E-state index contributed by atoms with van der Waals surface area (Å²) < 4.78 is 0.761. The zero-order valence-electron chi connectivity index (χ0n) is 13.5. The minimum Gasteiger partial charge on any atom is -0.478 e. The smallest absolute Gasteiger partial charge is 0.353 e. The summed E-state index contributed by atoms with van der Waals surface area (Å²) in [5.41, 5.74) is 0.167. The highest BCUT2D eigenvalue weighted by atomic mass is 79.9. The summed E-state index contributed by atoms with van der Waals surface area (Å²) >= 11 is 3.26. The summed E-state index contributed by atoms with van der Waals surface area (Å²) in [7, 11) is 0. The lowest BCUT2D eigenvalue weighted by atomic mass is 10.2.